The number of nitrogens with one attached hydrogen (secondary N) is 2. The van der Waals surface area contributed by atoms with E-state index in [0.29, 0.717) is 29.5 Å². The molecule has 0 unspecified atom stereocenters. The molecule has 0 radical (unpaired) electrons. The van der Waals surface area contributed by atoms with Gasteiger partial charge in [-0.1, -0.05) is 43.7 Å². The summed E-state index contributed by atoms with van der Waals surface area (Å²) >= 11 is 0. The third-order valence-corrected chi connectivity index (χ3v) is 4.63. The third kappa shape index (κ3) is 5.53. The van der Waals surface area contributed by atoms with Crippen molar-refractivity contribution in [2.45, 2.75) is 40.2 Å². The molecule has 0 saturated carbocycles. The zero-order valence-corrected chi connectivity index (χ0v) is 17.7. The summed E-state index contributed by atoms with van der Waals surface area (Å²) in [5.74, 6) is 0.611. The van der Waals surface area contributed by atoms with E-state index in [0.717, 1.165) is 5.56 Å². The molecule has 3 rings (SSSR count). The van der Waals surface area contributed by atoms with Crippen LogP contribution in [-0.4, -0.2) is 26.3 Å². The van der Waals surface area contributed by atoms with Crippen molar-refractivity contribution >= 4 is 17.5 Å². The van der Waals surface area contributed by atoms with E-state index in [1.807, 2.05) is 52.0 Å². The molecule has 2 heterocycles. The normalized spacial score (nSPS) is 11.9. The molecule has 30 heavy (non-hydrogen) atoms. The zero-order valence-electron chi connectivity index (χ0n) is 17.7. The Labute approximate surface area is 176 Å². The van der Waals surface area contributed by atoms with Crippen LogP contribution in [0.15, 0.2) is 55.1 Å². The first-order valence-electron chi connectivity index (χ1n) is 9.99. The Balaban J connectivity index is 1.63. The SMILES string of the molecule is Cc1ccc([C@@H](C)NC(=O)c2cn(-c3ccc(NC(=O)CC(C)C)cn3)cn2)cc1. The fraction of sp³-hybridized carbons (Fsp3) is 0.304. The van der Waals surface area contributed by atoms with Gasteiger partial charge in [0.1, 0.15) is 17.8 Å². The second-order valence-electron chi connectivity index (χ2n) is 7.82. The van der Waals surface area contributed by atoms with Gasteiger partial charge in [-0.25, -0.2) is 9.97 Å². The number of aryl methyl sites for hydroxylation is 1. The maximum atomic E-state index is 12.5. The number of hydrogen-bond donors (Lipinski definition) is 2. The first-order valence-corrected chi connectivity index (χ1v) is 9.99. The fourth-order valence-electron chi connectivity index (χ4n) is 2.97. The number of hydrogen-bond acceptors (Lipinski definition) is 4. The standard InChI is InChI=1S/C23H27N5O2/c1-15(2)11-22(29)27-19-9-10-21(24-12-19)28-13-20(25-14-28)23(30)26-17(4)18-7-5-16(3)6-8-18/h5-10,12-15,17H,11H2,1-4H3,(H,26,30)(H,27,29)/t17-/m1/s1. The Hall–Kier alpha value is -3.48. The van der Waals surface area contributed by atoms with Gasteiger partial charge in [-0.2, -0.15) is 0 Å². The third-order valence-electron chi connectivity index (χ3n) is 4.63. The van der Waals surface area contributed by atoms with Gasteiger partial charge in [0.15, 0.2) is 0 Å². The fourth-order valence-corrected chi connectivity index (χ4v) is 2.97. The highest BCUT2D eigenvalue weighted by molar-refractivity contribution is 5.92. The molecular weight excluding hydrogens is 378 g/mol. The topological polar surface area (TPSA) is 88.9 Å². The van der Waals surface area contributed by atoms with Crippen LogP contribution in [0.3, 0.4) is 0 Å². The van der Waals surface area contributed by atoms with E-state index in [4.69, 9.17) is 0 Å². The molecule has 0 aliphatic rings. The van der Waals surface area contributed by atoms with Crippen molar-refractivity contribution in [3.8, 4) is 5.82 Å². The van der Waals surface area contributed by atoms with Crippen LogP contribution < -0.4 is 10.6 Å². The van der Waals surface area contributed by atoms with Gasteiger partial charge in [-0.15, -0.1) is 0 Å². The monoisotopic (exact) mass is 405 g/mol. The van der Waals surface area contributed by atoms with Crippen molar-refractivity contribution < 1.29 is 9.59 Å². The summed E-state index contributed by atoms with van der Waals surface area (Å²) in [5.41, 5.74) is 3.15. The van der Waals surface area contributed by atoms with Crippen LogP contribution in [0.5, 0.6) is 0 Å². The van der Waals surface area contributed by atoms with E-state index < -0.39 is 0 Å². The molecule has 2 N–H and O–H groups in total. The molecule has 3 aromatic rings. The molecule has 1 atom stereocenters. The van der Waals surface area contributed by atoms with Gasteiger partial charge in [0.25, 0.3) is 5.91 Å². The summed E-state index contributed by atoms with van der Waals surface area (Å²) in [7, 11) is 0. The Morgan fingerprint density at radius 2 is 1.77 bits per heavy atom. The number of aromatic nitrogens is 3. The lowest BCUT2D eigenvalue weighted by Gasteiger charge is -2.13. The number of anilines is 1. The van der Waals surface area contributed by atoms with Crippen LogP contribution in [0.25, 0.3) is 5.82 Å². The molecule has 0 aliphatic heterocycles. The number of carbonyl (C=O) groups excluding carboxylic acids is 2. The Bertz CT molecular complexity index is 1010. The van der Waals surface area contributed by atoms with E-state index in [9.17, 15) is 9.59 Å². The average molecular weight is 406 g/mol. The van der Waals surface area contributed by atoms with Gasteiger partial charge >= 0.3 is 0 Å². The lowest BCUT2D eigenvalue weighted by atomic mass is 10.1. The van der Waals surface area contributed by atoms with Crippen LogP contribution in [-0.2, 0) is 4.79 Å². The largest absolute Gasteiger partial charge is 0.344 e. The molecule has 2 amide bonds. The summed E-state index contributed by atoms with van der Waals surface area (Å²) in [6.07, 6.45) is 5.23. The highest BCUT2D eigenvalue weighted by atomic mass is 16.2. The average Bonchev–Trinajstić information content (AvgIpc) is 3.18. The van der Waals surface area contributed by atoms with Crippen molar-refractivity contribution in [2.24, 2.45) is 5.92 Å². The number of rotatable bonds is 7. The highest BCUT2D eigenvalue weighted by Crippen LogP contribution is 2.15. The minimum Gasteiger partial charge on any atom is -0.344 e. The number of carbonyl (C=O) groups is 2. The molecule has 0 bridgehead atoms. The number of amides is 2. The van der Waals surface area contributed by atoms with Crippen molar-refractivity contribution in [1.82, 2.24) is 19.9 Å². The maximum absolute atomic E-state index is 12.5. The number of imidazole rings is 1. The molecular formula is C23H27N5O2. The number of nitrogens with zero attached hydrogens (tertiary/aromatic N) is 3. The smallest absolute Gasteiger partial charge is 0.271 e. The van der Waals surface area contributed by atoms with E-state index >= 15 is 0 Å². The molecule has 7 heteroatoms. The van der Waals surface area contributed by atoms with Crippen molar-refractivity contribution in [3.05, 3.63) is 71.9 Å². The quantitative estimate of drug-likeness (QED) is 0.621. The second-order valence-corrected chi connectivity index (χ2v) is 7.82. The summed E-state index contributed by atoms with van der Waals surface area (Å²) < 4.78 is 1.67. The Morgan fingerprint density at radius 1 is 1.03 bits per heavy atom. The van der Waals surface area contributed by atoms with Crippen molar-refractivity contribution in [2.75, 3.05) is 5.32 Å². The summed E-state index contributed by atoms with van der Waals surface area (Å²) in [4.78, 5) is 33.0. The molecule has 2 aromatic heterocycles. The first-order chi connectivity index (χ1) is 14.3. The van der Waals surface area contributed by atoms with Crippen LogP contribution in [0.2, 0.25) is 0 Å². The zero-order chi connectivity index (χ0) is 21.7. The Morgan fingerprint density at radius 3 is 2.40 bits per heavy atom. The summed E-state index contributed by atoms with van der Waals surface area (Å²) in [5, 5.41) is 5.79. The predicted octanol–water partition coefficient (Wildman–Crippen LogP) is 4.05. The molecule has 0 fully saturated rings. The van der Waals surface area contributed by atoms with E-state index in [2.05, 4.69) is 20.6 Å². The molecule has 0 aliphatic carbocycles. The molecule has 0 spiro atoms. The highest BCUT2D eigenvalue weighted by Gasteiger charge is 2.14. The number of benzene rings is 1. The first kappa shape index (κ1) is 21.2. The molecule has 7 nitrogen and oxygen atoms in total. The van der Waals surface area contributed by atoms with Gasteiger partial charge in [-0.3, -0.25) is 14.2 Å². The van der Waals surface area contributed by atoms with Gasteiger partial charge in [0.05, 0.1) is 17.9 Å². The van der Waals surface area contributed by atoms with E-state index in [1.165, 1.54) is 5.56 Å². The van der Waals surface area contributed by atoms with Gasteiger partial charge < -0.3 is 10.6 Å². The van der Waals surface area contributed by atoms with Crippen LogP contribution in [0.4, 0.5) is 5.69 Å². The van der Waals surface area contributed by atoms with Crippen LogP contribution in [0.1, 0.15) is 54.8 Å². The predicted molar refractivity (Wildman–Crippen MR) is 117 cm³/mol. The molecule has 0 saturated heterocycles. The van der Waals surface area contributed by atoms with Gasteiger partial charge in [0.2, 0.25) is 5.91 Å². The van der Waals surface area contributed by atoms with Crippen molar-refractivity contribution in [1.29, 1.82) is 0 Å². The lowest BCUT2D eigenvalue weighted by Crippen LogP contribution is -2.26. The maximum Gasteiger partial charge on any atom is 0.271 e. The molecule has 156 valence electrons. The van der Waals surface area contributed by atoms with Crippen LogP contribution in [0, 0.1) is 12.8 Å². The van der Waals surface area contributed by atoms with Gasteiger partial charge in [-0.05, 0) is 37.5 Å². The lowest BCUT2D eigenvalue weighted by molar-refractivity contribution is -0.116. The van der Waals surface area contributed by atoms with Crippen molar-refractivity contribution in [3.63, 3.8) is 0 Å². The minimum absolute atomic E-state index is 0.0381. The summed E-state index contributed by atoms with van der Waals surface area (Å²) in [6, 6.07) is 11.5. The Kier molecular flexibility index (Phi) is 6.61. The minimum atomic E-state index is -0.251. The van der Waals surface area contributed by atoms with Gasteiger partial charge in [0, 0.05) is 12.6 Å². The molecule has 1 aromatic carbocycles. The number of pyridine rings is 1. The van der Waals surface area contributed by atoms with E-state index in [1.54, 1.807) is 35.4 Å². The van der Waals surface area contributed by atoms with Crippen LogP contribution >= 0.6 is 0 Å². The van der Waals surface area contributed by atoms with E-state index in [-0.39, 0.29) is 17.9 Å². The summed E-state index contributed by atoms with van der Waals surface area (Å²) in [6.45, 7) is 7.96. The second kappa shape index (κ2) is 9.35.